The van der Waals surface area contributed by atoms with E-state index in [-0.39, 0.29) is 5.95 Å². The number of nitrogen functional groups attached to an aromatic ring is 1. The van der Waals surface area contributed by atoms with E-state index in [2.05, 4.69) is 22.6 Å². The van der Waals surface area contributed by atoms with Gasteiger partial charge in [0, 0.05) is 16.7 Å². The zero-order valence-electron chi connectivity index (χ0n) is 7.38. The van der Waals surface area contributed by atoms with Crippen LogP contribution in [-0.4, -0.2) is 9.97 Å². The summed E-state index contributed by atoms with van der Waals surface area (Å²) in [4.78, 5) is 8.72. The van der Waals surface area contributed by atoms with Gasteiger partial charge in [-0.3, -0.25) is 0 Å². The zero-order chi connectivity index (χ0) is 9.97. The summed E-state index contributed by atoms with van der Waals surface area (Å²) >= 11 is 4.28. The third-order valence-electron chi connectivity index (χ3n) is 1.84. The van der Waals surface area contributed by atoms with Gasteiger partial charge in [0.05, 0.1) is 5.69 Å². The van der Waals surface area contributed by atoms with Crippen LogP contribution in [0.5, 0.6) is 0 Å². The highest BCUT2D eigenvalue weighted by Crippen LogP contribution is 2.23. The molecule has 2 N–H and O–H groups in total. The van der Waals surface area contributed by atoms with E-state index in [0.717, 1.165) is 16.2 Å². The van der Waals surface area contributed by atoms with Crippen molar-refractivity contribution in [3.63, 3.8) is 0 Å². The summed E-state index contributed by atoms with van der Waals surface area (Å²) in [7, 11) is 0. The number of nitrogens with two attached hydrogens (primary N) is 1. The molecule has 0 saturated heterocycles. The summed E-state index contributed by atoms with van der Waals surface area (Å²) in [6, 6.07) is 9.76. The lowest BCUT2D eigenvalue weighted by atomic mass is 10.1. The molecule has 2 aromatic rings. The molecule has 0 bridgehead atoms. The molecule has 0 unspecified atom stereocenters. The van der Waals surface area contributed by atoms with Crippen LogP contribution in [0, 0.1) is 0 Å². The van der Waals surface area contributed by atoms with Gasteiger partial charge >= 0.3 is 0 Å². The van der Waals surface area contributed by atoms with E-state index in [1.54, 1.807) is 6.20 Å². The summed E-state index contributed by atoms with van der Waals surface area (Å²) in [6.07, 6.45) is 1.60. The van der Waals surface area contributed by atoms with Crippen molar-refractivity contribution in [3.8, 4) is 11.3 Å². The van der Waals surface area contributed by atoms with Gasteiger partial charge in [-0.2, -0.15) is 0 Å². The van der Waals surface area contributed by atoms with Crippen molar-refractivity contribution in [2.24, 2.45) is 0 Å². The van der Waals surface area contributed by atoms with Crippen molar-refractivity contribution in [1.29, 1.82) is 0 Å². The van der Waals surface area contributed by atoms with Crippen LogP contribution < -0.4 is 5.73 Å². The molecule has 0 radical (unpaired) electrons. The van der Waals surface area contributed by atoms with E-state index in [4.69, 9.17) is 5.73 Å². The zero-order valence-corrected chi connectivity index (χ0v) is 8.28. The minimum Gasteiger partial charge on any atom is -0.368 e. The Balaban J connectivity index is 2.57. The fourth-order valence-electron chi connectivity index (χ4n) is 1.20. The molecule has 0 saturated carbocycles. The first kappa shape index (κ1) is 9.02. The average Bonchev–Trinajstić information content (AvgIpc) is 2.23. The molecular formula is C10H9N3S. The Morgan fingerprint density at radius 1 is 1.14 bits per heavy atom. The lowest BCUT2D eigenvalue weighted by molar-refractivity contribution is 1.13. The molecule has 70 valence electrons. The first-order valence-electron chi connectivity index (χ1n) is 4.14. The molecule has 0 aliphatic carbocycles. The Labute approximate surface area is 87.4 Å². The standard InChI is InChI=1S/C10H9N3S/c11-10-12-6-8(14)9(13-10)7-4-2-1-3-5-7/h1-6,14H,(H2,11,12,13). The first-order chi connectivity index (χ1) is 6.77. The Bertz CT molecular complexity index is 442. The molecule has 0 aliphatic rings. The second kappa shape index (κ2) is 3.67. The summed E-state index contributed by atoms with van der Waals surface area (Å²) in [6.45, 7) is 0. The van der Waals surface area contributed by atoms with E-state index in [1.807, 2.05) is 30.3 Å². The van der Waals surface area contributed by atoms with Crippen molar-refractivity contribution in [1.82, 2.24) is 9.97 Å². The van der Waals surface area contributed by atoms with Crippen LogP contribution in [0.2, 0.25) is 0 Å². The van der Waals surface area contributed by atoms with E-state index in [9.17, 15) is 0 Å². The van der Waals surface area contributed by atoms with Gasteiger partial charge in [-0.05, 0) is 0 Å². The lowest BCUT2D eigenvalue weighted by Crippen LogP contribution is -1.96. The third kappa shape index (κ3) is 1.70. The van der Waals surface area contributed by atoms with Gasteiger partial charge in [0.1, 0.15) is 0 Å². The topological polar surface area (TPSA) is 51.8 Å². The fourth-order valence-corrected chi connectivity index (χ4v) is 1.43. The number of rotatable bonds is 1. The Hall–Kier alpha value is -1.55. The average molecular weight is 203 g/mol. The largest absolute Gasteiger partial charge is 0.368 e. The maximum absolute atomic E-state index is 5.51. The molecule has 14 heavy (non-hydrogen) atoms. The number of anilines is 1. The van der Waals surface area contributed by atoms with Crippen molar-refractivity contribution in [3.05, 3.63) is 36.5 Å². The van der Waals surface area contributed by atoms with Crippen LogP contribution in [0.4, 0.5) is 5.95 Å². The van der Waals surface area contributed by atoms with Gasteiger partial charge in [0.15, 0.2) is 0 Å². The monoisotopic (exact) mass is 203 g/mol. The number of nitrogens with zero attached hydrogens (tertiary/aromatic N) is 2. The molecule has 0 atom stereocenters. The highest BCUT2D eigenvalue weighted by atomic mass is 32.1. The Morgan fingerprint density at radius 3 is 2.57 bits per heavy atom. The maximum atomic E-state index is 5.51. The van der Waals surface area contributed by atoms with Crippen molar-refractivity contribution >= 4 is 18.6 Å². The third-order valence-corrected chi connectivity index (χ3v) is 2.16. The number of hydrogen-bond donors (Lipinski definition) is 2. The number of thiol groups is 1. The van der Waals surface area contributed by atoms with Crippen molar-refractivity contribution < 1.29 is 0 Å². The molecule has 1 aromatic heterocycles. The van der Waals surface area contributed by atoms with E-state index < -0.39 is 0 Å². The summed E-state index contributed by atoms with van der Waals surface area (Å²) < 4.78 is 0. The quantitative estimate of drug-likeness (QED) is 0.697. The molecule has 4 heteroatoms. The summed E-state index contributed by atoms with van der Waals surface area (Å²) in [5, 5.41) is 0. The Kier molecular flexibility index (Phi) is 2.37. The summed E-state index contributed by atoms with van der Waals surface area (Å²) in [5.74, 6) is 0.265. The van der Waals surface area contributed by atoms with Gasteiger partial charge in [-0.15, -0.1) is 12.6 Å². The smallest absolute Gasteiger partial charge is 0.220 e. The molecule has 2 rings (SSSR count). The first-order valence-corrected chi connectivity index (χ1v) is 4.59. The second-order valence-corrected chi connectivity index (χ2v) is 3.31. The van der Waals surface area contributed by atoms with Crippen LogP contribution in [-0.2, 0) is 0 Å². The van der Waals surface area contributed by atoms with Crippen LogP contribution in [0.3, 0.4) is 0 Å². The van der Waals surface area contributed by atoms with Crippen LogP contribution in [0.25, 0.3) is 11.3 Å². The van der Waals surface area contributed by atoms with Crippen molar-refractivity contribution in [2.75, 3.05) is 5.73 Å². The molecular weight excluding hydrogens is 194 g/mol. The van der Waals surface area contributed by atoms with E-state index in [0.29, 0.717) is 0 Å². The summed E-state index contributed by atoms with van der Waals surface area (Å²) in [5.41, 5.74) is 7.27. The number of benzene rings is 1. The number of aromatic nitrogens is 2. The second-order valence-electron chi connectivity index (χ2n) is 2.83. The minimum absolute atomic E-state index is 0.265. The maximum Gasteiger partial charge on any atom is 0.220 e. The van der Waals surface area contributed by atoms with Gasteiger partial charge < -0.3 is 5.73 Å². The van der Waals surface area contributed by atoms with E-state index in [1.165, 1.54) is 0 Å². The van der Waals surface area contributed by atoms with Gasteiger partial charge in [-0.1, -0.05) is 30.3 Å². The Morgan fingerprint density at radius 2 is 1.86 bits per heavy atom. The molecule has 1 aromatic carbocycles. The van der Waals surface area contributed by atoms with E-state index >= 15 is 0 Å². The highest BCUT2D eigenvalue weighted by molar-refractivity contribution is 7.80. The normalized spacial score (nSPS) is 10.1. The highest BCUT2D eigenvalue weighted by Gasteiger charge is 2.04. The lowest BCUT2D eigenvalue weighted by Gasteiger charge is -2.03. The van der Waals surface area contributed by atoms with Crippen LogP contribution >= 0.6 is 12.6 Å². The molecule has 0 spiro atoms. The minimum atomic E-state index is 0.265. The fraction of sp³-hybridized carbons (Fsp3) is 0. The van der Waals surface area contributed by atoms with Gasteiger partial charge in [0.25, 0.3) is 0 Å². The molecule has 3 nitrogen and oxygen atoms in total. The number of hydrogen-bond acceptors (Lipinski definition) is 4. The molecule has 0 aliphatic heterocycles. The van der Waals surface area contributed by atoms with Gasteiger partial charge in [0.2, 0.25) is 5.95 Å². The predicted octanol–water partition coefficient (Wildman–Crippen LogP) is 2.01. The van der Waals surface area contributed by atoms with Crippen molar-refractivity contribution in [2.45, 2.75) is 4.90 Å². The predicted molar refractivity (Wildman–Crippen MR) is 59.1 cm³/mol. The molecule has 0 fully saturated rings. The van der Waals surface area contributed by atoms with Crippen LogP contribution in [0.1, 0.15) is 0 Å². The SMILES string of the molecule is Nc1ncc(S)c(-c2ccccc2)n1. The molecule has 0 amide bonds. The molecule has 1 heterocycles. The van der Waals surface area contributed by atoms with Gasteiger partial charge in [-0.25, -0.2) is 9.97 Å². The van der Waals surface area contributed by atoms with Crippen LogP contribution in [0.15, 0.2) is 41.4 Å².